The molecule has 4 aromatic heterocycles. The molecule has 0 bridgehead atoms. The Labute approximate surface area is 404 Å². The molecule has 70 heavy (non-hydrogen) atoms. The Kier molecular flexibility index (Phi) is 12.8. The molecule has 6 N–H and O–H groups in total. The van der Waals surface area contributed by atoms with Gasteiger partial charge in [0.05, 0.1) is 44.7 Å². The van der Waals surface area contributed by atoms with Gasteiger partial charge in [0.2, 0.25) is 0 Å². The molecule has 352 valence electrons. The third-order valence-corrected chi connectivity index (χ3v) is 13.3. The van der Waals surface area contributed by atoms with E-state index in [-0.39, 0.29) is 40.9 Å². The molecule has 2 aliphatic heterocycles. The number of carbonyl (C=O) groups excluding carboxylic acids is 3. The first-order valence-electron chi connectivity index (χ1n) is 23.5. The number of amides is 2. The molecule has 2 fully saturated rings. The molecule has 0 radical (unpaired) electrons. The van der Waals surface area contributed by atoms with E-state index in [2.05, 4.69) is 31.0 Å². The zero-order valence-electron chi connectivity index (χ0n) is 38.8. The second kappa shape index (κ2) is 19.8. The number of Topliss-reactive ketones (excluding diaryl/α,β-unsaturated/α-hetero) is 1. The van der Waals surface area contributed by atoms with Gasteiger partial charge in [0.1, 0.15) is 17.3 Å². The average Bonchev–Trinajstić information content (AvgIpc) is 4.03. The first kappa shape index (κ1) is 45.5. The number of hydrogen-bond donors (Lipinski definition) is 6. The number of nitrogens with zero attached hydrogens (tertiary/aromatic N) is 6. The molecular weight excluding hydrogens is 881 g/mol. The van der Waals surface area contributed by atoms with E-state index in [1.807, 2.05) is 96.5 Å². The monoisotopic (exact) mass is 932 g/mol. The molecule has 2 aliphatic rings. The lowest BCUT2D eigenvalue weighted by Crippen LogP contribution is -2.46. The van der Waals surface area contributed by atoms with Crippen molar-refractivity contribution in [2.24, 2.45) is 0 Å². The zero-order chi connectivity index (χ0) is 48.3. The van der Waals surface area contributed by atoms with Gasteiger partial charge in [-0.15, -0.1) is 0 Å². The number of nitrogens with one attached hydrogen (secondary N) is 4. The van der Waals surface area contributed by atoms with Crippen molar-refractivity contribution in [1.82, 2.24) is 50.8 Å². The summed E-state index contributed by atoms with van der Waals surface area (Å²) in [5.74, 6) is -0.511. The van der Waals surface area contributed by atoms with Crippen molar-refractivity contribution in [3.05, 3.63) is 154 Å². The number of aromatic hydroxyl groups is 2. The fourth-order valence-corrected chi connectivity index (χ4v) is 9.17. The normalized spacial score (nSPS) is 15.3. The van der Waals surface area contributed by atoms with Gasteiger partial charge >= 0.3 is 0 Å². The Bertz CT molecular complexity index is 3060. The average molecular weight is 933 g/mol. The van der Waals surface area contributed by atoms with Crippen LogP contribution in [0.15, 0.2) is 109 Å². The van der Waals surface area contributed by atoms with Crippen LogP contribution in [0.1, 0.15) is 80.0 Å². The molecule has 4 aromatic carbocycles. The van der Waals surface area contributed by atoms with Gasteiger partial charge in [0.15, 0.2) is 11.3 Å². The van der Waals surface area contributed by atoms with Crippen LogP contribution in [0.5, 0.6) is 11.5 Å². The van der Waals surface area contributed by atoms with E-state index in [4.69, 9.17) is 9.97 Å². The zero-order valence-corrected chi connectivity index (χ0v) is 38.8. The topological polar surface area (TPSA) is 205 Å². The molecule has 10 rings (SSSR count). The lowest BCUT2D eigenvalue weighted by Gasteiger charge is -2.27. The molecule has 0 spiro atoms. The molecule has 0 saturated carbocycles. The number of hydrogen-bond acceptors (Lipinski definition) is 11. The Morgan fingerprint density at radius 1 is 0.529 bits per heavy atom. The number of H-pyrrole nitrogens is 2. The maximum absolute atomic E-state index is 14.0. The maximum atomic E-state index is 14.0. The minimum absolute atomic E-state index is 0.0926. The molecule has 2 atom stereocenters. The predicted octanol–water partition coefficient (Wildman–Crippen LogP) is 7.88. The van der Waals surface area contributed by atoms with Crippen molar-refractivity contribution in [3.8, 4) is 34.0 Å². The number of rotatable bonds is 12. The highest BCUT2D eigenvalue weighted by atomic mass is 16.3. The van der Waals surface area contributed by atoms with Gasteiger partial charge in [0.25, 0.3) is 11.8 Å². The third-order valence-electron chi connectivity index (χ3n) is 13.3. The van der Waals surface area contributed by atoms with Crippen molar-refractivity contribution in [2.75, 3.05) is 52.4 Å². The Balaban J connectivity index is 0.830. The van der Waals surface area contributed by atoms with E-state index in [9.17, 15) is 24.6 Å². The number of fused-ring (bicyclic) bond motifs is 2. The molecule has 0 aliphatic carbocycles. The number of ketones is 1. The van der Waals surface area contributed by atoms with Crippen LogP contribution in [0.4, 0.5) is 0 Å². The van der Waals surface area contributed by atoms with Gasteiger partial charge in [-0.3, -0.25) is 24.6 Å². The van der Waals surface area contributed by atoms with E-state index >= 15 is 0 Å². The summed E-state index contributed by atoms with van der Waals surface area (Å²) in [6.07, 6.45) is 7.61. The number of phenolic OH excluding ortho intramolecular Hbond substituents is 2. The highest BCUT2D eigenvalue weighted by Crippen LogP contribution is 2.32. The largest absolute Gasteiger partial charge is 0.508 e. The van der Waals surface area contributed by atoms with Crippen LogP contribution in [0, 0.1) is 0 Å². The summed E-state index contributed by atoms with van der Waals surface area (Å²) in [5.41, 5.74) is 9.49. The number of aromatic nitrogens is 6. The predicted molar refractivity (Wildman–Crippen MR) is 272 cm³/mol. The summed E-state index contributed by atoms with van der Waals surface area (Å²) >= 11 is 0. The molecule has 6 heterocycles. The Morgan fingerprint density at radius 2 is 0.900 bits per heavy atom. The molecule has 15 nitrogen and oxygen atoms in total. The van der Waals surface area contributed by atoms with Gasteiger partial charge < -0.3 is 30.6 Å². The van der Waals surface area contributed by atoms with Crippen LogP contribution in [0.3, 0.4) is 0 Å². The summed E-state index contributed by atoms with van der Waals surface area (Å²) in [7, 11) is 0. The van der Waals surface area contributed by atoms with E-state index < -0.39 is 0 Å². The summed E-state index contributed by atoms with van der Waals surface area (Å²) in [6, 6.07) is 32.9. The number of piperazine rings is 2. The van der Waals surface area contributed by atoms with Crippen molar-refractivity contribution in [3.63, 3.8) is 0 Å². The van der Waals surface area contributed by atoms with Crippen LogP contribution in [0.2, 0.25) is 0 Å². The Hall–Kier alpha value is -8.27. The fourth-order valence-electron chi connectivity index (χ4n) is 9.17. The van der Waals surface area contributed by atoms with Crippen molar-refractivity contribution < 1.29 is 24.6 Å². The van der Waals surface area contributed by atoms with Crippen molar-refractivity contribution >= 4 is 64.0 Å². The molecular formula is C55H52N10O5. The second-order valence-electron chi connectivity index (χ2n) is 17.8. The van der Waals surface area contributed by atoms with E-state index in [1.54, 1.807) is 60.7 Å². The summed E-state index contributed by atoms with van der Waals surface area (Å²) < 4.78 is 0. The van der Waals surface area contributed by atoms with Crippen molar-refractivity contribution in [1.29, 1.82) is 0 Å². The first-order chi connectivity index (χ1) is 34.1. The van der Waals surface area contributed by atoms with E-state index in [0.29, 0.717) is 82.1 Å². The van der Waals surface area contributed by atoms with Gasteiger partial charge in [0, 0.05) is 75.3 Å². The van der Waals surface area contributed by atoms with Gasteiger partial charge in [-0.2, -0.15) is 10.2 Å². The molecule has 8 aromatic rings. The maximum Gasteiger partial charge on any atom is 0.254 e. The van der Waals surface area contributed by atoms with Crippen LogP contribution in [0.25, 0.3) is 68.9 Å². The lowest BCUT2D eigenvalue weighted by atomic mass is 9.85. The minimum Gasteiger partial charge on any atom is -0.508 e. The Morgan fingerprint density at radius 3 is 1.27 bits per heavy atom. The number of aromatic amines is 2. The quantitative estimate of drug-likeness (QED) is 0.0695. The number of phenols is 2. The minimum atomic E-state index is -0.357. The van der Waals surface area contributed by atoms with Crippen molar-refractivity contribution in [2.45, 2.75) is 25.7 Å². The standard InChI is InChI=1S/C55H52N10O5/c1-33(37-9-3-35(4-10-37)7-21-45-49-43(54(69)64-27-23-56-24-28-64)31-47(58-52(49)62-60-45)39-13-17-41(66)18-14-39)51(68)34(2)38-11-5-36(6-12-38)8-22-46-50-44(55(70)65-29-25-57-26-30-65)32-48(59-53(50)63-61-46)40-15-19-42(67)20-16-40/h3-22,31-34,56-57,66-67H,23-30H2,1-2H3,(H,58,60,62)(H,59,61,63)/b21-7+,22-8+. The summed E-state index contributed by atoms with van der Waals surface area (Å²) in [6.45, 7) is 9.12. The summed E-state index contributed by atoms with van der Waals surface area (Å²) in [4.78, 5) is 55.3. The second-order valence-corrected chi connectivity index (χ2v) is 17.8. The van der Waals surface area contributed by atoms with Gasteiger partial charge in [-0.25, -0.2) is 9.97 Å². The number of benzene rings is 4. The number of carbonyl (C=O) groups is 3. The van der Waals surface area contributed by atoms with E-state index in [0.717, 1.165) is 59.6 Å². The summed E-state index contributed by atoms with van der Waals surface area (Å²) in [5, 5.41) is 42.8. The van der Waals surface area contributed by atoms with Gasteiger partial charge in [-0.05, 0) is 95.1 Å². The van der Waals surface area contributed by atoms with E-state index in [1.165, 1.54) is 0 Å². The first-order valence-corrected chi connectivity index (χ1v) is 23.5. The van der Waals surface area contributed by atoms with Crippen LogP contribution in [-0.2, 0) is 4.79 Å². The SMILES string of the molecule is CC(C(=O)C(C)c1ccc(/C=C/c2n[nH]c3nc(-c4ccc(O)cc4)cc(C(=O)N4CCNCC4)c23)cc1)c1ccc(/C=C/c2n[nH]c3nc(-c4ccc(O)cc4)cc(C(=O)N4CCNCC4)c23)cc1. The highest BCUT2D eigenvalue weighted by Gasteiger charge is 2.27. The molecule has 15 heteroatoms. The fraction of sp³-hybridized carbons (Fsp3) is 0.218. The van der Waals surface area contributed by atoms with Crippen LogP contribution >= 0.6 is 0 Å². The molecule has 2 amide bonds. The van der Waals surface area contributed by atoms with Crippen LogP contribution in [-0.4, -0.2) is 120 Å². The highest BCUT2D eigenvalue weighted by molar-refractivity contribution is 6.10. The molecule has 2 saturated heterocycles. The molecule has 2 unspecified atom stereocenters. The number of pyridine rings is 2. The van der Waals surface area contributed by atoms with Crippen LogP contribution < -0.4 is 10.6 Å². The lowest BCUT2D eigenvalue weighted by molar-refractivity contribution is -0.121. The van der Waals surface area contributed by atoms with Gasteiger partial charge in [-0.1, -0.05) is 74.5 Å². The third kappa shape index (κ3) is 9.44. The smallest absolute Gasteiger partial charge is 0.254 e.